The normalized spacial score (nSPS) is 15.5. The zero-order valence-corrected chi connectivity index (χ0v) is 28.0. The first-order valence-electron chi connectivity index (χ1n) is 15.2. The molecule has 0 radical (unpaired) electrons. The summed E-state index contributed by atoms with van der Waals surface area (Å²) in [4.78, 5) is 31.4. The molecular weight excluding hydrogens is 624 g/mol. The van der Waals surface area contributed by atoms with Gasteiger partial charge in [-0.2, -0.15) is 0 Å². The smallest absolute Gasteiger partial charge is 0.411 e. The zero-order chi connectivity index (χ0) is 34.0. The maximum Gasteiger partial charge on any atom is 0.411 e. The Balaban J connectivity index is 1.61. The lowest BCUT2D eigenvalue weighted by Gasteiger charge is -2.32. The number of methoxy groups -OCH3 is 3. The second kappa shape index (κ2) is 13.4. The Morgan fingerprint density at radius 1 is 0.979 bits per heavy atom. The molecule has 1 aromatic heterocycles. The Bertz CT molecular complexity index is 1920. The number of likely N-dealkylation sites (tertiary alicyclic amines) is 1. The van der Waals surface area contributed by atoms with Crippen LogP contribution in [-0.2, 0) is 19.4 Å². The van der Waals surface area contributed by atoms with E-state index in [-0.39, 0.29) is 16.7 Å². The molecule has 2 heterocycles. The van der Waals surface area contributed by atoms with E-state index in [1.54, 1.807) is 55.3 Å². The molecule has 1 saturated heterocycles. The minimum atomic E-state index is -3.76. The van der Waals surface area contributed by atoms with E-state index in [1.807, 2.05) is 13.0 Å². The molecule has 0 saturated carbocycles. The Kier molecular flexibility index (Phi) is 9.57. The molecule has 3 aromatic carbocycles. The van der Waals surface area contributed by atoms with Crippen molar-refractivity contribution in [3.8, 4) is 17.4 Å². The van der Waals surface area contributed by atoms with Crippen LogP contribution in [0.1, 0.15) is 55.5 Å². The first kappa shape index (κ1) is 33.5. The predicted molar refractivity (Wildman–Crippen MR) is 179 cm³/mol. The molecule has 0 bridgehead atoms. The van der Waals surface area contributed by atoms with Crippen LogP contribution in [0.15, 0.2) is 59.6 Å². The average Bonchev–Trinajstić information content (AvgIpc) is 3.70. The molecule has 4 N–H and O–H groups in total. The first-order chi connectivity index (χ1) is 22.4. The standard InChI is InChI=1S/C34H40N4O8S/c1-19(2)47(42,43)30-12-10-22(37-34(41)46-6)16-25(30)27-8-7-13-38(27)33(40)31(21-9-11-28(44-4)29(15-21)45-5)36-23-14-20(3)26-18-35-32(39)24(26)17-23/h9-12,14-19,27,31,35-36,39H,7-8,13H2,1-6H3,(H,37,41)/t27-,31?/m1/s1. The van der Waals surface area contributed by atoms with Crippen LogP contribution >= 0.6 is 0 Å². The van der Waals surface area contributed by atoms with Gasteiger partial charge >= 0.3 is 6.09 Å². The molecule has 2 atom stereocenters. The van der Waals surface area contributed by atoms with Gasteiger partial charge in [0, 0.05) is 34.9 Å². The molecule has 250 valence electrons. The largest absolute Gasteiger partial charge is 0.494 e. The van der Waals surface area contributed by atoms with Gasteiger partial charge in [-0.1, -0.05) is 6.07 Å². The van der Waals surface area contributed by atoms with Gasteiger partial charge in [-0.25, -0.2) is 13.2 Å². The second-order valence-corrected chi connectivity index (χ2v) is 14.2. The van der Waals surface area contributed by atoms with Crippen molar-refractivity contribution in [3.05, 3.63) is 71.4 Å². The van der Waals surface area contributed by atoms with E-state index in [2.05, 4.69) is 15.6 Å². The van der Waals surface area contributed by atoms with Crippen LogP contribution < -0.4 is 20.1 Å². The average molecular weight is 665 g/mol. The lowest BCUT2D eigenvalue weighted by atomic mass is 10.00. The van der Waals surface area contributed by atoms with E-state index in [0.717, 1.165) is 10.9 Å². The molecule has 0 aliphatic carbocycles. The highest BCUT2D eigenvalue weighted by Gasteiger charge is 2.38. The fourth-order valence-corrected chi connectivity index (χ4v) is 7.35. The number of aromatic hydroxyl groups is 1. The maximum absolute atomic E-state index is 14.8. The van der Waals surface area contributed by atoms with Gasteiger partial charge in [0.1, 0.15) is 6.04 Å². The first-order valence-corrected chi connectivity index (χ1v) is 16.8. The van der Waals surface area contributed by atoms with Crippen molar-refractivity contribution in [3.63, 3.8) is 0 Å². The molecule has 1 unspecified atom stereocenters. The number of hydrogen-bond donors (Lipinski definition) is 4. The lowest BCUT2D eigenvalue weighted by Crippen LogP contribution is -2.38. The van der Waals surface area contributed by atoms with E-state index in [9.17, 15) is 23.1 Å². The van der Waals surface area contributed by atoms with E-state index < -0.39 is 33.3 Å². The number of carbonyl (C=O) groups is 2. The number of amides is 2. The van der Waals surface area contributed by atoms with Crippen LogP contribution in [0.25, 0.3) is 10.8 Å². The molecule has 1 aliphatic rings. The van der Waals surface area contributed by atoms with Crippen molar-refractivity contribution in [2.45, 2.75) is 55.8 Å². The summed E-state index contributed by atoms with van der Waals surface area (Å²) in [7, 11) is 0.521. The predicted octanol–water partition coefficient (Wildman–Crippen LogP) is 6.08. The fraction of sp³-hybridized carbons (Fsp3) is 0.353. The summed E-state index contributed by atoms with van der Waals surface area (Å²) in [5, 5.41) is 17.2. The summed E-state index contributed by atoms with van der Waals surface area (Å²) >= 11 is 0. The van der Waals surface area contributed by atoms with Crippen molar-refractivity contribution >= 4 is 44.0 Å². The minimum Gasteiger partial charge on any atom is -0.494 e. The molecule has 2 amide bonds. The number of benzene rings is 3. The van der Waals surface area contributed by atoms with Gasteiger partial charge in [0.25, 0.3) is 0 Å². The summed E-state index contributed by atoms with van der Waals surface area (Å²) in [6.07, 6.45) is 2.16. The molecule has 13 heteroatoms. The number of aromatic amines is 1. The van der Waals surface area contributed by atoms with Gasteiger partial charge in [-0.05, 0) is 92.8 Å². The van der Waals surface area contributed by atoms with Crippen molar-refractivity contribution in [2.75, 3.05) is 38.5 Å². The van der Waals surface area contributed by atoms with E-state index in [0.29, 0.717) is 58.8 Å². The fourth-order valence-electron chi connectivity index (χ4n) is 6.06. The van der Waals surface area contributed by atoms with Crippen LogP contribution in [0.4, 0.5) is 16.2 Å². The Morgan fingerprint density at radius 2 is 1.72 bits per heavy atom. The summed E-state index contributed by atoms with van der Waals surface area (Å²) in [6, 6.07) is 11.9. The van der Waals surface area contributed by atoms with Gasteiger partial charge in [0.2, 0.25) is 5.91 Å². The SMILES string of the molecule is COC(=O)Nc1ccc(S(=O)(=O)C(C)C)c([C@H]2CCCN2C(=O)C(Nc2cc(C)c3c[nH]c(O)c3c2)c2ccc(OC)c(OC)c2)c1. The zero-order valence-electron chi connectivity index (χ0n) is 27.2. The number of sulfone groups is 1. The molecule has 5 rings (SSSR count). The monoisotopic (exact) mass is 664 g/mol. The summed E-state index contributed by atoms with van der Waals surface area (Å²) < 4.78 is 42.9. The number of hydrogen-bond acceptors (Lipinski definition) is 9. The molecule has 1 aliphatic heterocycles. The number of fused-ring (bicyclic) bond motifs is 1. The molecule has 1 fully saturated rings. The second-order valence-electron chi connectivity index (χ2n) is 11.7. The summed E-state index contributed by atoms with van der Waals surface area (Å²) in [5.74, 6) is 0.647. The Labute approximate surface area is 273 Å². The molecule has 0 spiro atoms. The van der Waals surface area contributed by atoms with Gasteiger partial charge < -0.3 is 34.5 Å². The van der Waals surface area contributed by atoms with Crippen LogP contribution in [0.2, 0.25) is 0 Å². The van der Waals surface area contributed by atoms with E-state index >= 15 is 0 Å². The van der Waals surface area contributed by atoms with Gasteiger partial charge in [-0.15, -0.1) is 0 Å². The van der Waals surface area contributed by atoms with E-state index in [4.69, 9.17) is 14.2 Å². The van der Waals surface area contributed by atoms with E-state index in [1.165, 1.54) is 33.5 Å². The Hall–Kier alpha value is -4.91. The number of nitrogens with zero attached hydrogens (tertiary/aromatic N) is 1. The van der Waals surface area contributed by atoms with Gasteiger partial charge in [0.05, 0.1) is 37.5 Å². The lowest BCUT2D eigenvalue weighted by molar-refractivity contribution is -0.133. The van der Waals surface area contributed by atoms with Crippen LogP contribution in [0.3, 0.4) is 0 Å². The highest BCUT2D eigenvalue weighted by Crippen LogP contribution is 2.41. The van der Waals surface area contributed by atoms with Crippen molar-refractivity contribution in [2.24, 2.45) is 0 Å². The highest BCUT2D eigenvalue weighted by molar-refractivity contribution is 7.92. The quantitative estimate of drug-likeness (QED) is 0.158. The molecule has 12 nitrogen and oxygen atoms in total. The minimum absolute atomic E-state index is 0.0136. The van der Waals surface area contributed by atoms with Crippen LogP contribution in [-0.4, -0.2) is 68.5 Å². The summed E-state index contributed by atoms with van der Waals surface area (Å²) in [5.41, 5.74) is 2.83. The number of H-pyrrole nitrogens is 1. The molecular formula is C34H40N4O8S. The Morgan fingerprint density at radius 3 is 2.40 bits per heavy atom. The summed E-state index contributed by atoms with van der Waals surface area (Å²) in [6.45, 7) is 5.50. The van der Waals surface area contributed by atoms with Gasteiger partial charge in [-0.3, -0.25) is 10.1 Å². The maximum atomic E-state index is 14.8. The number of ether oxygens (including phenoxy) is 3. The molecule has 4 aromatic rings. The van der Waals surface area contributed by atoms with Crippen LogP contribution in [0, 0.1) is 6.92 Å². The number of rotatable bonds is 10. The third-order valence-electron chi connectivity index (χ3n) is 8.56. The number of nitrogens with one attached hydrogen (secondary N) is 3. The van der Waals surface area contributed by atoms with Crippen LogP contribution in [0.5, 0.6) is 17.4 Å². The number of carbonyl (C=O) groups excluding carboxylic acids is 2. The van der Waals surface area contributed by atoms with Crippen molar-refractivity contribution < 1.29 is 37.3 Å². The number of anilines is 2. The third-order valence-corrected chi connectivity index (χ3v) is 10.8. The number of aryl methyl sites for hydroxylation is 1. The topological polar surface area (TPSA) is 159 Å². The highest BCUT2D eigenvalue weighted by atomic mass is 32.2. The van der Waals surface area contributed by atoms with Crippen molar-refractivity contribution in [1.82, 2.24) is 9.88 Å². The molecule has 47 heavy (non-hydrogen) atoms. The van der Waals surface area contributed by atoms with Crippen molar-refractivity contribution in [1.29, 1.82) is 0 Å². The van der Waals surface area contributed by atoms with Gasteiger partial charge in [0.15, 0.2) is 27.2 Å². The third kappa shape index (κ3) is 6.53. The number of aromatic nitrogens is 1.